The van der Waals surface area contributed by atoms with Crippen molar-refractivity contribution >= 4 is 22.1 Å². The Balaban J connectivity index is 2.03. The second-order valence-electron chi connectivity index (χ2n) is 5.51. The summed E-state index contributed by atoms with van der Waals surface area (Å²) in [5.74, 6) is 0.971. The summed E-state index contributed by atoms with van der Waals surface area (Å²) >= 11 is 0. The highest BCUT2D eigenvalue weighted by Gasteiger charge is 2.18. The maximum atomic E-state index is 12.5. The Hall–Kier alpha value is -3.09. The molecule has 0 aliphatic rings. The Kier molecular flexibility index (Phi) is 3.16. The normalized spacial score (nSPS) is 11.6. The maximum absolute atomic E-state index is 12.5. The summed E-state index contributed by atoms with van der Waals surface area (Å²) in [6.45, 7) is 4.36. The quantitative estimate of drug-likeness (QED) is 0.627. The van der Waals surface area contributed by atoms with E-state index < -0.39 is 0 Å². The molecular weight excluding hydrogens is 308 g/mol. The molecule has 0 spiro atoms. The molecule has 0 atom stereocenters. The topological polar surface area (TPSA) is 85.8 Å². The van der Waals surface area contributed by atoms with Gasteiger partial charge in [-0.3, -0.25) is 13.9 Å². The van der Waals surface area contributed by atoms with Crippen molar-refractivity contribution in [3.63, 3.8) is 0 Å². The molecule has 0 radical (unpaired) electrons. The Labute approximate surface area is 136 Å². The number of aromatic nitrogens is 4. The highest BCUT2D eigenvalue weighted by molar-refractivity contribution is 5.83. The van der Waals surface area contributed by atoms with Crippen molar-refractivity contribution in [2.24, 2.45) is 0 Å². The SMILES string of the molecule is CCn1c(=O)c2[nH]c(-c3cc4ccccc4o3)nc2n(CC)c1=O. The van der Waals surface area contributed by atoms with Gasteiger partial charge < -0.3 is 9.40 Å². The van der Waals surface area contributed by atoms with Crippen LogP contribution >= 0.6 is 0 Å². The number of para-hydroxylation sites is 1. The molecule has 0 fully saturated rings. The fraction of sp³-hybridized carbons (Fsp3) is 0.235. The number of hydrogen-bond acceptors (Lipinski definition) is 4. The average Bonchev–Trinajstić information content (AvgIpc) is 3.19. The summed E-state index contributed by atoms with van der Waals surface area (Å²) in [6, 6.07) is 9.49. The third-order valence-electron chi connectivity index (χ3n) is 4.15. The third kappa shape index (κ3) is 1.94. The number of imidazole rings is 1. The molecule has 0 saturated carbocycles. The first-order chi connectivity index (χ1) is 11.6. The van der Waals surface area contributed by atoms with Crippen LogP contribution in [0.3, 0.4) is 0 Å². The van der Waals surface area contributed by atoms with E-state index in [0.717, 1.165) is 11.0 Å². The number of furan rings is 1. The zero-order valence-electron chi connectivity index (χ0n) is 13.4. The van der Waals surface area contributed by atoms with Crippen LogP contribution in [-0.2, 0) is 13.1 Å². The lowest BCUT2D eigenvalue weighted by atomic mass is 10.2. The molecule has 0 saturated heterocycles. The molecule has 3 heterocycles. The fourth-order valence-electron chi connectivity index (χ4n) is 2.95. The van der Waals surface area contributed by atoms with E-state index in [4.69, 9.17) is 4.42 Å². The van der Waals surface area contributed by atoms with Crippen LogP contribution in [-0.4, -0.2) is 19.1 Å². The summed E-state index contributed by atoms with van der Waals surface area (Å²) in [6.07, 6.45) is 0. The van der Waals surface area contributed by atoms with E-state index in [1.54, 1.807) is 6.92 Å². The molecule has 0 bridgehead atoms. The van der Waals surface area contributed by atoms with Crippen LogP contribution in [0.2, 0.25) is 0 Å². The standard InChI is InChI=1S/C17H16N4O3/c1-3-20-15-13(16(22)21(4-2)17(20)23)18-14(19-15)12-9-10-7-5-6-8-11(10)24-12/h5-9H,3-4H2,1-2H3,(H,18,19). The Bertz CT molecular complexity index is 1140. The minimum Gasteiger partial charge on any atom is -0.453 e. The zero-order valence-corrected chi connectivity index (χ0v) is 13.4. The minimum atomic E-state index is -0.364. The number of H-pyrrole nitrogens is 1. The van der Waals surface area contributed by atoms with E-state index >= 15 is 0 Å². The van der Waals surface area contributed by atoms with Gasteiger partial charge in [0.1, 0.15) is 5.58 Å². The van der Waals surface area contributed by atoms with Gasteiger partial charge in [0, 0.05) is 18.5 Å². The molecule has 7 heteroatoms. The van der Waals surface area contributed by atoms with Crippen molar-refractivity contribution in [1.29, 1.82) is 0 Å². The molecule has 1 aromatic carbocycles. The van der Waals surface area contributed by atoms with Crippen LogP contribution in [0.4, 0.5) is 0 Å². The highest BCUT2D eigenvalue weighted by atomic mass is 16.3. The first-order valence-corrected chi connectivity index (χ1v) is 7.86. The number of benzene rings is 1. The lowest BCUT2D eigenvalue weighted by Crippen LogP contribution is -2.39. The van der Waals surface area contributed by atoms with Gasteiger partial charge >= 0.3 is 5.69 Å². The molecule has 0 amide bonds. The van der Waals surface area contributed by atoms with Crippen LogP contribution in [0.5, 0.6) is 0 Å². The van der Waals surface area contributed by atoms with E-state index in [0.29, 0.717) is 35.8 Å². The number of aryl methyl sites for hydroxylation is 1. The third-order valence-corrected chi connectivity index (χ3v) is 4.15. The van der Waals surface area contributed by atoms with Gasteiger partial charge in [-0.2, -0.15) is 0 Å². The Morgan fingerprint density at radius 3 is 2.58 bits per heavy atom. The predicted molar refractivity (Wildman–Crippen MR) is 91.2 cm³/mol. The average molecular weight is 324 g/mol. The van der Waals surface area contributed by atoms with Gasteiger partial charge in [-0.25, -0.2) is 9.78 Å². The molecule has 7 nitrogen and oxygen atoms in total. The van der Waals surface area contributed by atoms with Crippen molar-refractivity contribution in [2.75, 3.05) is 0 Å². The van der Waals surface area contributed by atoms with Crippen LogP contribution in [0.1, 0.15) is 13.8 Å². The molecule has 24 heavy (non-hydrogen) atoms. The lowest BCUT2D eigenvalue weighted by Gasteiger charge is -2.06. The van der Waals surface area contributed by atoms with Gasteiger partial charge in [-0.15, -0.1) is 0 Å². The molecule has 0 unspecified atom stereocenters. The number of rotatable bonds is 3. The van der Waals surface area contributed by atoms with Crippen molar-refractivity contribution in [3.8, 4) is 11.6 Å². The van der Waals surface area contributed by atoms with E-state index in [-0.39, 0.29) is 11.2 Å². The second-order valence-corrected chi connectivity index (χ2v) is 5.51. The number of nitrogens with zero attached hydrogens (tertiary/aromatic N) is 3. The van der Waals surface area contributed by atoms with E-state index in [1.165, 1.54) is 9.13 Å². The second kappa shape index (κ2) is 5.23. The van der Waals surface area contributed by atoms with Gasteiger partial charge in [0.15, 0.2) is 22.7 Å². The van der Waals surface area contributed by atoms with Crippen LogP contribution in [0, 0.1) is 0 Å². The largest absolute Gasteiger partial charge is 0.453 e. The van der Waals surface area contributed by atoms with Gasteiger partial charge in [0.05, 0.1) is 0 Å². The van der Waals surface area contributed by atoms with Gasteiger partial charge in [0.2, 0.25) is 0 Å². The van der Waals surface area contributed by atoms with Crippen molar-refractivity contribution in [1.82, 2.24) is 19.1 Å². The molecule has 4 aromatic rings. The van der Waals surface area contributed by atoms with Crippen LogP contribution in [0.25, 0.3) is 33.7 Å². The zero-order chi connectivity index (χ0) is 16.8. The van der Waals surface area contributed by atoms with Crippen molar-refractivity contribution < 1.29 is 4.42 Å². The van der Waals surface area contributed by atoms with Crippen molar-refractivity contribution in [2.45, 2.75) is 26.9 Å². The molecule has 0 aliphatic heterocycles. The first kappa shape index (κ1) is 14.5. The predicted octanol–water partition coefficient (Wildman–Crippen LogP) is 2.34. The van der Waals surface area contributed by atoms with Gasteiger partial charge in [0.25, 0.3) is 5.56 Å². The van der Waals surface area contributed by atoms with Gasteiger partial charge in [-0.1, -0.05) is 18.2 Å². The number of hydrogen-bond donors (Lipinski definition) is 1. The monoisotopic (exact) mass is 324 g/mol. The minimum absolute atomic E-state index is 0.312. The molecule has 0 aliphatic carbocycles. The summed E-state index contributed by atoms with van der Waals surface area (Å²) < 4.78 is 8.48. The highest BCUT2D eigenvalue weighted by Crippen LogP contribution is 2.26. The van der Waals surface area contributed by atoms with E-state index in [2.05, 4.69) is 9.97 Å². The number of aromatic amines is 1. The van der Waals surface area contributed by atoms with E-state index in [9.17, 15) is 9.59 Å². The Morgan fingerprint density at radius 2 is 1.88 bits per heavy atom. The van der Waals surface area contributed by atoms with Gasteiger partial charge in [-0.05, 0) is 26.0 Å². The van der Waals surface area contributed by atoms with Crippen molar-refractivity contribution in [3.05, 3.63) is 51.2 Å². The molecule has 4 rings (SSSR count). The first-order valence-electron chi connectivity index (χ1n) is 7.86. The van der Waals surface area contributed by atoms with Crippen LogP contribution < -0.4 is 11.2 Å². The Morgan fingerprint density at radius 1 is 1.12 bits per heavy atom. The molecule has 1 N–H and O–H groups in total. The summed E-state index contributed by atoms with van der Waals surface area (Å²) in [5.41, 5.74) is 0.699. The summed E-state index contributed by atoms with van der Waals surface area (Å²) in [7, 11) is 0. The number of fused-ring (bicyclic) bond motifs is 2. The smallest absolute Gasteiger partial charge is 0.332 e. The fourth-order valence-corrected chi connectivity index (χ4v) is 2.95. The lowest BCUT2D eigenvalue weighted by molar-refractivity contribution is 0.605. The maximum Gasteiger partial charge on any atom is 0.332 e. The summed E-state index contributed by atoms with van der Waals surface area (Å²) in [5, 5.41) is 0.951. The molecular formula is C17H16N4O3. The molecule has 3 aromatic heterocycles. The number of nitrogens with one attached hydrogen (secondary N) is 1. The van der Waals surface area contributed by atoms with Crippen LogP contribution in [0.15, 0.2) is 44.3 Å². The van der Waals surface area contributed by atoms with E-state index in [1.807, 2.05) is 37.3 Å². The summed E-state index contributed by atoms with van der Waals surface area (Å²) in [4.78, 5) is 32.4. The molecule has 122 valence electrons.